The first-order valence-electron chi connectivity index (χ1n) is 5.06. The van der Waals surface area contributed by atoms with Crippen molar-refractivity contribution in [1.82, 2.24) is 0 Å². The number of rotatable bonds is 5. The Kier molecular flexibility index (Phi) is 4.72. The summed E-state index contributed by atoms with van der Waals surface area (Å²) in [6.07, 6.45) is 0. The Balaban J connectivity index is 3.26. The molecular weight excluding hydrogens is 280 g/mol. The van der Waals surface area contributed by atoms with E-state index in [9.17, 15) is 13.2 Å². The molecule has 7 heteroatoms. The Hall–Kier alpha value is -1.11. The molecule has 0 aliphatic heterocycles. The van der Waals surface area contributed by atoms with E-state index in [-0.39, 0.29) is 22.1 Å². The highest BCUT2D eigenvalue weighted by Crippen LogP contribution is 2.23. The first-order chi connectivity index (χ1) is 8.30. The van der Waals surface area contributed by atoms with Crippen LogP contribution in [0.25, 0.3) is 0 Å². The summed E-state index contributed by atoms with van der Waals surface area (Å²) in [7, 11) is -2.22. The van der Waals surface area contributed by atoms with Crippen LogP contribution in [-0.2, 0) is 14.6 Å². The van der Waals surface area contributed by atoms with E-state index in [2.05, 4.69) is 0 Å². The second-order valence-electron chi connectivity index (χ2n) is 3.76. The van der Waals surface area contributed by atoms with Crippen molar-refractivity contribution in [1.29, 1.82) is 0 Å². The second kappa shape index (κ2) is 5.69. The normalized spacial score (nSPS) is 13.3. The van der Waals surface area contributed by atoms with Gasteiger partial charge in [0.1, 0.15) is 0 Å². The van der Waals surface area contributed by atoms with Gasteiger partial charge in [-0.05, 0) is 25.1 Å². The third-order valence-electron chi connectivity index (χ3n) is 2.43. The van der Waals surface area contributed by atoms with Crippen molar-refractivity contribution in [2.24, 2.45) is 0 Å². The number of benzene rings is 1. The first kappa shape index (κ1) is 14.9. The summed E-state index contributed by atoms with van der Waals surface area (Å²) < 4.78 is 29.0. The highest BCUT2D eigenvalue weighted by atomic mass is 35.5. The standard InChI is InChI=1S/C11H13ClO5S/c1-7(6-17-2)18(15,16)8-3-4-10(12)9(5-8)11(13)14/h3-5,7H,6H2,1-2H3,(H,13,14). The van der Waals surface area contributed by atoms with Crippen molar-refractivity contribution >= 4 is 27.4 Å². The lowest BCUT2D eigenvalue weighted by Gasteiger charge is -2.12. The maximum atomic E-state index is 12.1. The van der Waals surface area contributed by atoms with Gasteiger partial charge in [-0.1, -0.05) is 11.6 Å². The van der Waals surface area contributed by atoms with Gasteiger partial charge in [-0.2, -0.15) is 0 Å². The molecule has 1 atom stereocenters. The Morgan fingerprint density at radius 2 is 2.11 bits per heavy atom. The fourth-order valence-electron chi connectivity index (χ4n) is 1.40. The first-order valence-corrected chi connectivity index (χ1v) is 6.98. The lowest BCUT2D eigenvalue weighted by atomic mass is 10.2. The number of hydrogen-bond donors (Lipinski definition) is 1. The van der Waals surface area contributed by atoms with Gasteiger partial charge in [0.25, 0.3) is 0 Å². The van der Waals surface area contributed by atoms with Gasteiger partial charge in [0.15, 0.2) is 9.84 Å². The number of halogens is 1. The molecule has 0 aliphatic carbocycles. The third kappa shape index (κ3) is 3.01. The van der Waals surface area contributed by atoms with Crippen LogP contribution < -0.4 is 0 Å². The van der Waals surface area contributed by atoms with Crippen molar-refractivity contribution in [3.05, 3.63) is 28.8 Å². The number of ether oxygens (including phenoxy) is 1. The quantitative estimate of drug-likeness (QED) is 0.896. The highest BCUT2D eigenvalue weighted by molar-refractivity contribution is 7.92. The van der Waals surface area contributed by atoms with Gasteiger partial charge in [-0.15, -0.1) is 0 Å². The van der Waals surface area contributed by atoms with E-state index in [0.717, 1.165) is 6.07 Å². The molecule has 1 aromatic rings. The van der Waals surface area contributed by atoms with Crippen LogP contribution in [0.4, 0.5) is 0 Å². The van der Waals surface area contributed by atoms with Gasteiger partial charge in [-0.3, -0.25) is 0 Å². The summed E-state index contributed by atoms with van der Waals surface area (Å²) in [6, 6.07) is 3.61. The predicted octanol–water partition coefficient (Wildman–Crippen LogP) is 1.85. The molecule has 100 valence electrons. The summed E-state index contributed by atoms with van der Waals surface area (Å²) in [5.74, 6) is -1.27. The van der Waals surface area contributed by atoms with Gasteiger partial charge in [0.05, 0.1) is 27.3 Å². The lowest BCUT2D eigenvalue weighted by Crippen LogP contribution is -2.23. The summed E-state index contributed by atoms with van der Waals surface area (Å²) in [6.45, 7) is 1.53. The molecule has 0 heterocycles. The fraction of sp³-hybridized carbons (Fsp3) is 0.364. The largest absolute Gasteiger partial charge is 0.478 e. The van der Waals surface area contributed by atoms with Gasteiger partial charge < -0.3 is 9.84 Å². The van der Waals surface area contributed by atoms with Crippen molar-refractivity contribution in [2.45, 2.75) is 17.1 Å². The van der Waals surface area contributed by atoms with Gasteiger partial charge in [-0.25, -0.2) is 13.2 Å². The van der Waals surface area contributed by atoms with E-state index in [1.165, 1.54) is 26.2 Å². The molecule has 1 rings (SSSR count). The molecule has 1 aromatic carbocycles. The van der Waals surface area contributed by atoms with E-state index in [0.29, 0.717) is 0 Å². The van der Waals surface area contributed by atoms with Crippen LogP contribution in [0, 0.1) is 0 Å². The number of carboxylic acids is 1. The molecule has 0 amide bonds. The van der Waals surface area contributed by atoms with Crippen molar-refractivity contribution in [2.75, 3.05) is 13.7 Å². The fourth-order valence-corrected chi connectivity index (χ4v) is 2.92. The van der Waals surface area contributed by atoms with Crippen LogP contribution in [0.5, 0.6) is 0 Å². The molecular formula is C11H13ClO5S. The van der Waals surface area contributed by atoms with Crippen molar-refractivity contribution < 1.29 is 23.1 Å². The summed E-state index contributed by atoms with van der Waals surface area (Å²) in [5.41, 5.74) is -0.234. The van der Waals surface area contributed by atoms with Crippen LogP contribution in [0.1, 0.15) is 17.3 Å². The van der Waals surface area contributed by atoms with Crippen LogP contribution >= 0.6 is 11.6 Å². The van der Waals surface area contributed by atoms with E-state index < -0.39 is 21.1 Å². The van der Waals surface area contributed by atoms with Crippen LogP contribution in [-0.4, -0.2) is 38.5 Å². The average molecular weight is 293 g/mol. The number of hydrogen-bond acceptors (Lipinski definition) is 4. The van der Waals surface area contributed by atoms with Gasteiger partial charge in [0, 0.05) is 7.11 Å². The Labute approximate surface area is 110 Å². The molecule has 0 saturated heterocycles. The molecule has 5 nitrogen and oxygen atoms in total. The zero-order valence-electron chi connectivity index (χ0n) is 9.88. The van der Waals surface area contributed by atoms with E-state index in [1.807, 2.05) is 0 Å². The molecule has 0 fully saturated rings. The SMILES string of the molecule is COCC(C)S(=O)(=O)c1ccc(Cl)c(C(=O)O)c1. The van der Waals surface area contributed by atoms with Gasteiger partial charge >= 0.3 is 5.97 Å². The van der Waals surface area contributed by atoms with E-state index >= 15 is 0 Å². The van der Waals surface area contributed by atoms with E-state index in [4.69, 9.17) is 21.4 Å². The maximum absolute atomic E-state index is 12.1. The average Bonchev–Trinajstić information content (AvgIpc) is 2.29. The third-order valence-corrected chi connectivity index (χ3v) is 4.86. The van der Waals surface area contributed by atoms with Crippen LogP contribution in [0.15, 0.2) is 23.1 Å². The summed E-state index contributed by atoms with van der Waals surface area (Å²) in [4.78, 5) is 10.8. The monoisotopic (exact) mass is 292 g/mol. The molecule has 0 saturated carbocycles. The summed E-state index contributed by atoms with van der Waals surface area (Å²) in [5, 5.41) is 8.14. The topological polar surface area (TPSA) is 80.7 Å². The summed E-state index contributed by atoms with van der Waals surface area (Å²) >= 11 is 5.68. The van der Waals surface area contributed by atoms with Crippen molar-refractivity contribution in [3.8, 4) is 0 Å². The van der Waals surface area contributed by atoms with Crippen LogP contribution in [0.3, 0.4) is 0 Å². The molecule has 1 unspecified atom stereocenters. The van der Waals surface area contributed by atoms with Crippen molar-refractivity contribution in [3.63, 3.8) is 0 Å². The molecule has 0 radical (unpaired) electrons. The van der Waals surface area contributed by atoms with E-state index in [1.54, 1.807) is 0 Å². The second-order valence-corrected chi connectivity index (χ2v) is 6.53. The molecule has 0 aromatic heterocycles. The Morgan fingerprint density at radius 3 is 2.61 bits per heavy atom. The minimum Gasteiger partial charge on any atom is -0.478 e. The Bertz CT molecular complexity index is 553. The molecule has 1 N–H and O–H groups in total. The van der Waals surface area contributed by atoms with Crippen LogP contribution in [0.2, 0.25) is 5.02 Å². The predicted molar refractivity (Wildman–Crippen MR) is 66.9 cm³/mol. The zero-order chi connectivity index (χ0) is 13.9. The molecule has 0 bridgehead atoms. The minimum absolute atomic E-state index is 0.000782. The molecule has 0 aliphatic rings. The molecule has 18 heavy (non-hydrogen) atoms. The number of sulfone groups is 1. The zero-order valence-corrected chi connectivity index (χ0v) is 11.5. The smallest absolute Gasteiger partial charge is 0.337 e. The minimum atomic E-state index is -3.62. The lowest BCUT2D eigenvalue weighted by molar-refractivity contribution is 0.0697. The number of carboxylic acid groups (broad SMARTS) is 1. The molecule has 0 spiro atoms. The number of aromatic carboxylic acids is 1. The maximum Gasteiger partial charge on any atom is 0.337 e. The highest BCUT2D eigenvalue weighted by Gasteiger charge is 2.24. The Morgan fingerprint density at radius 1 is 1.50 bits per heavy atom. The number of carbonyl (C=O) groups is 1. The number of methoxy groups -OCH3 is 1. The van der Waals surface area contributed by atoms with Gasteiger partial charge in [0.2, 0.25) is 0 Å².